The molecule has 18 heavy (non-hydrogen) atoms. The number of ether oxygens (including phenoxy) is 1. The van der Waals surface area contributed by atoms with E-state index in [1.165, 1.54) is 0 Å². The summed E-state index contributed by atoms with van der Waals surface area (Å²) in [7, 11) is 0. The summed E-state index contributed by atoms with van der Waals surface area (Å²) in [5, 5.41) is 3.75. The summed E-state index contributed by atoms with van der Waals surface area (Å²) in [5.74, 6) is -0.329. The molecule has 3 N–H and O–H groups in total. The van der Waals surface area contributed by atoms with Gasteiger partial charge in [0.05, 0.1) is 17.3 Å². The lowest BCUT2D eigenvalue weighted by Crippen LogP contribution is -2.54. The van der Waals surface area contributed by atoms with E-state index in [-0.39, 0.29) is 5.92 Å². The Hall–Kier alpha value is -1.26. The number of primary amides is 1. The van der Waals surface area contributed by atoms with E-state index in [2.05, 4.69) is 5.32 Å². The number of carbonyl (C=O) groups excluding carboxylic acids is 1. The molecule has 1 aromatic carbocycles. The molecule has 5 heteroatoms. The van der Waals surface area contributed by atoms with E-state index in [1.54, 1.807) is 13.0 Å². The minimum absolute atomic E-state index is 0.0614. The van der Waals surface area contributed by atoms with Crippen LogP contribution in [0.1, 0.15) is 13.3 Å². The van der Waals surface area contributed by atoms with Crippen LogP contribution in [0.2, 0.25) is 5.02 Å². The molecule has 0 aromatic heterocycles. The number of hydrogen-bond acceptors (Lipinski definition) is 3. The zero-order valence-electron chi connectivity index (χ0n) is 10.3. The van der Waals surface area contributed by atoms with Crippen LogP contribution in [-0.4, -0.2) is 24.7 Å². The van der Waals surface area contributed by atoms with Crippen LogP contribution in [0.25, 0.3) is 0 Å². The molecule has 4 nitrogen and oxygen atoms in total. The van der Waals surface area contributed by atoms with Crippen LogP contribution < -0.4 is 11.1 Å². The number of rotatable bonds is 4. The molecule has 1 heterocycles. The third-order valence-corrected chi connectivity index (χ3v) is 3.86. The Bertz CT molecular complexity index is 446. The van der Waals surface area contributed by atoms with Gasteiger partial charge in [0.15, 0.2) is 0 Å². The lowest BCUT2D eigenvalue weighted by molar-refractivity contribution is -0.123. The van der Waals surface area contributed by atoms with Crippen LogP contribution in [0.5, 0.6) is 0 Å². The van der Waals surface area contributed by atoms with Crippen LogP contribution >= 0.6 is 11.6 Å². The van der Waals surface area contributed by atoms with E-state index in [0.717, 1.165) is 6.42 Å². The van der Waals surface area contributed by atoms with Gasteiger partial charge in [-0.3, -0.25) is 4.79 Å². The highest BCUT2D eigenvalue weighted by molar-refractivity contribution is 6.33. The van der Waals surface area contributed by atoms with Gasteiger partial charge < -0.3 is 15.8 Å². The smallest absolute Gasteiger partial charge is 0.243 e. The predicted octanol–water partition coefficient (Wildman–Crippen LogP) is 2.03. The summed E-state index contributed by atoms with van der Waals surface area (Å²) in [6.07, 6.45) is 0.816. The molecular formula is C13H17ClN2O2. The highest BCUT2D eigenvalue weighted by Gasteiger charge is 2.42. The first-order chi connectivity index (χ1) is 8.54. The largest absolute Gasteiger partial charge is 0.381 e. The van der Waals surface area contributed by atoms with Gasteiger partial charge in [0.1, 0.15) is 5.54 Å². The third-order valence-electron chi connectivity index (χ3n) is 3.53. The first kappa shape index (κ1) is 13.2. The minimum Gasteiger partial charge on any atom is -0.381 e. The molecule has 2 unspecified atom stereocenters. The summed E-state index contributed by atoms with van der Waals surface area (Å²) in [5.41, 5.74) is 5.42. The summed E-state index contributed by atoms with van der Waals surface area (Å²) in [6.45, 7) is 3.01. The number of carbonyl (C=O) groups is 1. The maximum atomic E-state index is 11.8. The quantitative estimate of drug-likeness (QED) is 0.878. The number of amides is 1. The number of para-hydroxylation sites is 1. The van der Waals surface area contributed by atoms with E-state index in [1.807, 2.05) is 18.2 Å². The van der Waals surface area contributed by atoms with E-state index in [0.29, 0.717) is 23.9 Å². The summed E-state index contributed by atoms with van der Waals surface area (Å²) in [6, 6.07) is 7.31. The normalized spacial score (nSPS) is 22.4. The number of hydrogen-bond donors (Lipinski definition) is 2. The average Bonchev–Trinajstić information content (AvgIpc) is 2.86. The van der Waals surface area contributed by atoms with E-state index in [9.17, 15) is 4.79 Å². The van der Waals surface area contributed by atoms with Crippen molar-refractivity contribution in [2.24, 2.45) is 11.7 Å². The van der Waals surface area contributed by atoms with Gasteiger partial charge in [-0.2, -0.15) is 0 Å². The zero-order chi connectivity index (χ0) is 13.2. The maximum Gasteiger partial charge on any atom is 0.243 e. The summed E-state index contributed by atoms with van der Waals surface area (Å²) in [4.78, 5) is 11.8. The van der Waals surface area contributed by atoms with Crippen molar-refractivity contribution in [2.45, 2.75) is 18.9 Å². The fourth-order valence-electron chi connectivity index (χ4n) is 2.20. The fraction of sp³-hybridized carbons (Fsp3) is 0.462. The molecule has 0 aliphatic carbocycles. The minimum atomic E-state index is -0.846. The van der Waals surface area contributed by atoms with Crippen LogP contribution in [0.4, 0.5) is 5.69 Å². The van der Waals surface area contributed by atoms with Gasteiger partial charge >= 0.3 is 0 Å². The van der Waals surface area contributed by atoms with Crippen molar-refractivity contribution in [3.05, 3.63) is 29.3 Å². The maximum absolute atomic E-state index is 11.8. The predicted molar refractivity (Wildman–Crippen MR) is 71.6 cm³/mol. The molecule has 1 amide bonds. The second-order valence-corrected chi connectivity index (χ2v) is 5.14. The monoisotopic (exact) mass is 268 g/mol. The van der Waals surface area contributed by atoms with Crippen molar-refractivity contribution >= 4 is 23.2 Å². The van der Waals surface area contributed by atoms with E-state index < -0.39 is 11.4 Å². The van der Waals surface area contributed by atoms with Crippen LogP contribution in [0.3, 0.4) is 0 Å². The van der Waals surface area contributed by atoms with Gasteiger partial charge in [0.2, 0.25) is 5.91 Å². The molecule has 2 atom stereocenters. The van der Waals surface area contributed by atoms with E-state index >= 15 is 0 Å². The van der Waals surface area contributed by atoms with Crippen molar-refractivity contribution in [1.29, 1.82) is 0 Å². The molecule has 0 spiro atoms. The first-order valence-corrected chi connectivity index (χ1v) is 6.32. The second kappa shape index (κ2) is 5.16. The Morgan fingerprint density at radius 3 is 2.83 bits per heavy atom. The molecule has 1 aromatic rings. The van der Waals surface area contributed by atoms with E-state index in [4.69, 9.17) is 22.1 Å². The van der Waals surface area contributed by atoms with Gasteiger partial charge in [-0.25, -0.2) is 0 Å². The standard InChI is InChI=1S/C13H17ClN2O2/c1-13(12(15)17,9-6-7-18-8-9)16-11-5-3-2-4-10(11)14/h2-5,9,16H,6-8H2,1H3,(H2,15,17). The van der Waals surface area contributed by atoms with Gasteiger partial charge in [-0.05, 0) is 25.5 Å². The molecule has 0 saturated carbocycles. The van der Waals surface area contributed by atoms with Gasteiger partial charge in [0.25, 0.3) is 0 Å². The van der Waals surface area contributed by atoms with Crippen molar-refractivity contribution in [3.63, 3.8) is 0 Å². The summed E-state index contributed by atoms with van der Waals surface area (Å²) >= 11 is 6.10. The zero-order valence-corrected chi connectivity index (χ0v) is 11.0. The third kappa shape index (κ3) is 2.44. The Morgan fingerprint density at radius 2 is 2.28 bits per heavy atom. The lowest BCUT2D eigenvalue weighted by Gasteiger charge is -2.33. The fourth-order valence-corrected chi connectivity index (χ4v) is 2.38. The van der Waals surface area contributed by atoms with Crippen molar-refractivity contribution in [2.75, 3.05) is 18.5 Å². The molecule has 98 valence electrons. The Labute approximate surface area is 111 Å². The number of anilines is 1. The molecule has 1 saturated heterocycles. The first-order valence-electron chi connectivity index (χ1n) is 5.94. The molecule has 1 fully saturated rings. The molecule has 1 aliphatic rings. The Kier molecular flexibility index (Phi) is 3.78. The molecule has 0 bridgehead atoms. The van der Waals surface area contributed by atoms with Crippen molar-refractivity contribution in [1.82, 2.24) is 0 Å². The van der Waals surface area contributed by atoms with Crippen molar-refractivity contribution in [3.8, 4) is 0 Å². The van der Waals surface area contributed by atoms with Crippen molar-refractivity contribution < 1.29 is 9.53 Å². The topological polar surface area (TPSA) is 64.3 Å². The highest BCUT2D eigenvalue weighted by atomic mass is 35.5. The highest BCUT2D eigenvalue weighted by Crippen LogP contribution is 2.32. The molecule has 1 aliphatic heterocycles. The molecular weight excluding hydrogens is 252 g/mol. The second-order valence-electron chi connectivity index (χ2n) is 4.73. The van der Waals surface area contributed by atoms with Crippen LogP contribution in [0, 0.1) is 5.92 Å². The number of nitrogens with one attached hydrogen (secondary N) is 1. The van der Waals surface area contributed by atoms with Crippen LogP contribution in [0.15, 0.2) is 24.3 Å². The SMILES string of the molecule is CC(Nc1ccccc1Cl)(C(N)=O)C1CCOC1. The van der Waals surface area contributed by atoms with Gasteiger partial charge in [0, 0.05) is 12.5 Å². The number of halogens is 1. The van der Waals surface area contributed by atoms with Gasteiger partial charge in [-0.15, -0.1) is 0 Å². The number of benzene rings is 1. The lowest BCUT2D eigenvalue weighted by atomic mass is 9.84. The Morgan fingerprint density at radius 1 is 1.56 bits per heavy atom. The number of nitrogens with two attached hydrogens (primary N) is 1. The Balaban J connectivity index is 2.26. The molecule has 0 radical (unpaired) electrons. The van der Waals surface area contributed by atoms with Gasteiger partial charge in [-0.1, -0.05) is 23.7 Å². The molecule has 2 rings (SSSR count). The average molecular weight is 269 g/mol. The summed E-state index contributed by atoms with van der Waals surface area (Å²) < 4.78 is 5.34. The van der Waals surface area contributed by atoms with Crippen LogP contribution in [-0.2, 0) is 9.53 Å².